The molecule has 3 rings (SSSR count). The van der Waals surface area contributed by atoms with Crippen molar-refractivity contribution in [3.63, 3.8) is 0 Å². The van der Waals surface area contributed by atoms with Gasteiger partial charge in [-0.15, -0.1) is 11.3 Å². The lowest BCUT2D eigenvalue weighted by Crippen LogP contribution is -2.38. The van der Waals surface area contributed by atoms with Gasteiger partial charge in [0, 0.05) is 11.6 Å². The van der Waals surface area contributed by atoms with Gasteiger partial charge >= 0.3 is 12.0 Å². The lowest BCUT2D eigenvalue weighted by molar-refractivity contribution is 0.0607. The molecule has 0 spiro atoms. The van der Waals surface area contributed by atoms with Crippen molar-refractivity contribution in [1.29, 1.82) is 0 Å². The molecule has 2 heterocycles. The lowest BCUT2D eigenvalue weighted by atomic mass is 10.0. The fourth-order valence-electron chi connectivity index (χ4n) is 3.23. The summed E-state index contributed by atoms with van der Waals surface area (Å²) >= 11 is 7.25. The number of hydrogen-bond acceptors (Lipinski definition) is 4. The normalized spacial score (nSPS) is 17.5. The molecule has 0 saturated carbocycles. The number of hydrogen-bond donors (Lipinski definition) is 1. The third-order valence-corrected chi connectivity index (χ3v) is 5.69. The van der Waals surface area contributed by atoms with Gasteiger partial charge in [0.05, 0.1) is 18.8 Å². The van der Waals surface area contributed by atoms with Crippen molar-refractivity contribution >= 4 is 40.6 Å². The van der Waals surface area contributed by atoms with Crippen LogP contribution in [0.1, 0.15) is 47.0 Å². The Morgan fingerprint density at radius 2 is 1.96 bits per heavy atom. The second-order valence-corrected chi connectivity index (χ2v) is 7.55. The van der Waals surface area contributed by atoms with E-state index in [0.29, 0.717) is 22.1 Å². The van der Waals surface area contributed by atoms with Gasteiger partial charge in [0.2, 0.25) is 0 Å². The maximum Gasteiger partial charge on any atom is 0.350 e. The Balaban J connectivity index is 1.82. The highest BCUT2D eigenvalue weighted by molar-refractivity contribution is 7.12. The average Bonchev–Trinajstić information content (AvgIpc) is 2.96. The number of likely N-dealkylation sites (tertiary alicyclic amines) is 1. The predicted octanol–water partition coefficient (Wildman–Crippen LogP) is 5.34. The van der Waals surface area contributed by atoms with Gasteiger partial charge in [-0.2, -0.15) is 0 Å². The van der Waals surface area contributed by atoms with E-state index in [0.717, 1.165) is 31.2 Å². The zero-order chi connectivity index (χ0) is 18.5. The monoisotopic (exact) mass is 392 g/mol. The van der Waals surface area contributed by atoms with Crippen LogP contribution in [0, 0.1) is 0 Å². The van der Waals surface area contributed by atoms with Crippen LogP contribution < -0.4 is 5.32 Å². The van der Waals surface area contributed by atoms with Crippen molar-refractivity contribution in [2.45, 2.75) is 31.7 Å². The molecule has 0 aliphatic carbocycles. The average molecular weight is 393 g/mol. The number of methoxy groups -OCH3 is 1. The Labute approximate surface area is 161 Å². The number of halogens is 1. The summed E-state index contributed by atoms with van der Waals surface area (Å²) in [7, 11) is 1.33. The van der Waals surface area contributed by atoms with Gasteiger partial charge in [0.25, 0.3) is 0 Å². The van der Waals surface area contributed by atoms with Crippen LogP contribution in [-0.4, -0.2) is 30.6 Å². The minimum Gasteiger partial charge on any atom is -0.465 e. The highest BCUT2D eigenvalue weighted by atomic mass is 35.5. The van der Waals surface area contributed by atoms with E-state index < -0.39 is 5.97 Å². The third-order valence-electron chi connectivity index (χ3n) is 4.55. The summed E-state index contributed by atoms with van der Waals surface area (Å²) in [6.45, 7) is 0.677. The van der Waals surface area contributed by atoms with Crippen LogP contribution in [0.15, 0.2) is 35.7 Å². The van der Waals surface area contributed by atoms with Gasteiger partial charge in [-0.1, -0.05) is 36.6 Å². The molecule has 26 heavy (non-hydrogen) atoms. The molecule has 1 fully saturated rings. The Hall–Kier alpha value is -2.05. The van der Waals surface area contributed by atoms with Crippen molar-refractivity contribution in [3.8, 4) is 0 Å². The summed E-state index contributed by atoms with van der Waals surface area (Å²) in [6.07, 6.45) is 4.04. The number of amides is 2. The lowest BCUT2D eigenvalue weighted by Gasteiger charge is -2.30. The first-order chi connectivity index (χ1) is 12.6. The zero-order valence-corrected chi connectivity index (χ0v) is 16.1. The van der Waals surface area contributed by atoms with Gasteiger partial charge in [-0.3, -0.25) is 0 Å². The molecule has 1 atom stereocenters. The predicted molar refractivity (Wildman–Crippen MR) is 104 cm³/mol. The minimum absolute atomic E-state index is 0.00465. The molecule has 1 saturated heterocycles. The van der Waals surface area contributed by atoms with Crippen molar-refractivity contribution < 1.29 is 14.3 Å². The molecule has 1 aliphatic rings. The molecule has 1 unspecified atom stereocenters. The molecule has 1 N–H and O–H groups in total. The Morgan fingerprint density at radius 1 is 1.19 bits per heavy atom. The van der Waals surface area contributed by atoms with Crippen molar-refractivity contribution in [2.75, 3.05) is 19.0 Å². The van der Waals surface area contributed by atoms with Crippen LogP contribution in [0.4, 0.5) is 10.5 Å². The summed E-state index contributed by atoms with van der Waals surface area (Å²) in [4.78, 5) is 27.1. The van der Waals surface area contributed by atoms with Crippen LogP contribution in [-0.2, 0) is 4.74 Å². The number of carbonyl (C=O) groups is 2. The van der Waals surface area contributed by atoms with E-state index in [1.165, 1.54) is 18.4 Å². The van der Waals surface area contributed by atoms with Crippen LogP contribution in [0.3, 0.4) is 0 Å². The van der Waals surface area contributed by atoms with E-state index in [1.807, 2.05) is 29.2 Å². The molecule has 0 radical (unpaired) electrons. The molecular weight excluding hydrogens is 372 g/mol. The molecule has 1 aromatic carbocycles. The summed E-state index contributed by atoms with van der Waals surface area (Å²) in [5, 5.41) is 5.33. The number of rotatable bonds is 3. The maximum absolute atomic E-state index is 13.0. The molecule has 138 valence electrons. The van der Waals surface area contributed by atoms with Gasteiger partial charge in [0.1, 0.15) is 4.88 Å². The topological polar surface area (TPSA) is 58.6 Å². The Bertz CT molecular complexity index is 775. The van der Waals surface area contributed by atoms with Gasteiger partial charge in [-0.25, -0.2) is 9.59 Å². The number of ether oxygens (including phenoxy) is 1. The van der Waals surface area contributed by atoms with E-state index in [-0.39, 0.29) is 12.1 Å². The summed E-state index contributed by atoms with van der Waals surface area (Å²) in [5.74, 6) is -0.444. The number of benzene rings is 1. The fourth-order valence-corrected chi connectivity index (χ4v) is 4.12. The first-order valence-corrected chi connectivity index (χ1v) is 9.85. The first-order valence-electron chi connectivity index (χ1n) is 8.59. The van der Waals surface area contributed by atoms with E-state index in [1.54, 1.807) is 11.4 Å². The number of anilines is 1. The number of urea groups is 1. The maximum atomic E-state index is 13.0. The highest BCUT2D eigenvalue weighted by Gasteiger charge is 2.28. The summed E-state index contributed by atoms with van der Waals surface area (Å²) < 4.78 is 4.78. The highest BCUT2D eigenvalue weighted by Crippen LogP contribution is 2.32. The second-order valence-electron chi connectivity index (χ2n) is 6.20. The molecular formula is C19H21ClN2O3S. The van der Waals surface area contributed by atoms with Crippen LogP contribution in [0.25, 0.3) is 0 Å². The number of esters is 1. The van der Waals surface area contributed by atoms with Crippen molar-refractivity contribution in [1.82, 2.24) is 4.90 Å². The molecule has 5 nitrogen and oxygen atoms in total. The SMILES string of the molecule is COC(=O)c1sccc1NC(=O)N1CCCCCC1c1ccc(Cl)cc1. The first kappa shape index (κ1) is 18.7. The van der Waals surface area contributed by atoms with E-state index in [9.17, 15) is 9.59 Å². The van der Waals surface area contributed by atoms with Gasteiger partial charge < -0.3 is 15.0 Å². The molecule has 2 aromatic rings. The quantitative estimate of drug-likeness (QED) is 0.717. The third kappa shape index (κ3) is 4.19. The Kier molecular flexibility index (Phi) is 6.16. The smallest absolute Gasteiger partial charge is 0.350 e. The number of thiophene rings is 1. The number of nitrogens with one attached hydrogen (secondary N) is 1. The van der Waals surface area contributed by atoms with Crippen molar-refractivity contribution in [2.24, 2.45) is 0 Å². The number of nitrogens with zero attached hydrogens (tertiary/aromatic N) is 1. The van der Waals surface area contributed by atoms with Crippen molar-refractivity contribution in [3.05, 3.63) is 51.2 Å². The number of carbonyl (C=O) groups excluding carboxylic acids is 2. The van der Waals surface area contributed by atoms with Crippen LogP contribution >= 0.6 is 22.9 Å². The molecule has 0 bridgehead atoms. The Morgan fingerprint density at radius 3 is 2.69 bits per heavy atom. The van der Waals surface area contributed by atoms with Gasteiger partial charge in [-0.05, 0) is 42.0 Å². The zero-order valence-electron chi connectivity index (χ0n) is 14.5. The molecule has 7 heteroatoms. The van der Waals surface area contributed by atoms with Gasteiger partial charge in [0.15, 0.2) is 0 Å². The van der Waals surface area contributed by atoms with E-state index in [2.05, 4.69) is 5.32 Å². The minimum atomic E-state index is -0.444. The van der Waals surface area contributed by atoms with E-state index in [4.69, 9.17) is 16.3 Å². The summed E-state index contributed by atoms with van der Waals surface area (Å²) in [6, 6.07) is 9.18. The molecule has 1 aliphatic heterocycles. The largest absolute Gasteiger partial charge is 0.465 e. The fraction of sp³-hybridized carbons (Fsp3) is 0.368. The van der Waals surface area contributed by atoms with E-state index >= 15 is 0 Å². The van der Waals surface area contributed by atoms with Crippen LogP contribution in [0.5, 0.6) is 0 Å². The second kappa shape index (κ2) is 8.56. The van der Waals surface area contributed by atoms with Crippen LogP contribution in [0.2, 0.25) is 5.02 Å². The molecule has 2 amide bonds. The standard InChI is InChI=1S/C19H21ClN2O3S/c1-25-18(23)17-15(10-12-26-17)21-19(24)22-11-4-2-3-5-16(22)13-6-8-14(20)9-7-13/h6-10,12,16H,2-5,11H2,1H3,(H,21,24). The summed E-state index contributed by atoms with van der Waals surface area (Å²) in [5.41, 5.74) is 1.57. The molecule has 1 aromatic heterocycles.